The Morgan fingerprint density at radius 2 is 2.23 bits per heavy atom. The Morgan fingerprint density at radius 1 is 1.38 bits per heavy atom. The number of nitrogen functional groups attached to an aromatic ring is 1. The van der Waals surface area contributed by atoms with Crippen LogP contribution >= 0.6 is 0 Å². The number of nitrogens with zero attached hydrogens (tertiary/aromatic N) is 3. The summed E-state index contributed by atoms with van der Waals surface area (Å²) in [6.45, 7) is 1.84. The molecule has 0 unspecified atom stereocenters. The first-order chi connectivity index (χ1) is 6.27. The van der Waals surface area contributed by atoms with Crippen LogP contribution in [0.1, 0.15) is 5.76 Å². The van der Waals surface area contributed by atoms with Crippen LogP contribution in [0.15, 0.2) is 23.1 Å². The van der Waals surface area contributed by atoms with Crippen molar-refractivity contribution < 1.29 is 4.42 Å². The number of nitrogens with two attached hydrogens (primary N) is 1. The summed E-state index contributed by atoms with van der Waals surface area (Å²) in [4.78, 5) is 11.7. The van der Waals surface area contributed by atoms with E-state index < -0.39 is 0 Å². The first kappa shape index (κ1) is 7.72. The maximum atomic E-state index is 5.42. The van der Waals surface area contributed by atoms with E-state index in [2.05, 4.69) is 15.0 Å². The van der Waals surface area contributed by atoms with Crippen LogP contribution in [0.4, 0.5) is 5.95 Å². The highest BCUT2D eigenvalue weighted by Gasteiger charge is 2.07. The lowest BCUT2D eigenvalue weighted by molar-refractivity contribution is 0.535. The molecule has 5 nitrogen and oxygen atoms in total. The van der Waals surface area contributed by atoms with Gasteiger partial charge in [-0.3, -0.25) is 0 Å². The molecule has 0 aromatic carbocycles. The molecule has 13 heavy (non-hydrogen) atoms. The molecule has 0 saturated heterocycles. The molecule has 66 valence electrons. The average molecular weight is 176 g/mol. The zero-order valence-electron chi connectivity index (χ0n) is 7.06. The van der Waals surface area contributed by atoms with Crippen molar-refractivity contribution in [1.82, 2.24) is 15.0 Å². The van der Waals surface area contributed by atoms with Gasteiger partial charge in [0.1, 0.15) is 12.1 Å². The molecule has 0 spiro atoms. The molecule has 0 aliphatic carbocycles. The van der Waals surface area contributed by atoms with Gasteiger partial charge >= 0.3 is 0 Å². The van der Waals surface area contributed by atoms with Crippen LogP contribution in [0.5, 0.6) is 0 Å². The molecule has 0 fully saturated rings. The topological polar surface area (TPSA) is 77.8 Å². The molecule has 0 saturated carbocycles. The predicted molar refractivity (Wildman–Crippen MR) is 46.7 cm³/mol. The van der Waals surface area contributed by atoms with Crippen molar-refractivity contribution in [2.24, 2.45) is 0 Å². The Balaban J connectivity index is 2.53. The van der Waals surface area contributed by atoms with E-state index in [4.69, 9.17) is 10.2 Å². The van der Waals surface area contributed by atoms with Gasteiger partial charge in [-0.25, -0.2) is 9.97 Å². The monoisotopic (exact) mass is 176 g/mol. The summed E-state index contributed by atoms with van der Waals surface area (Å²) in [5, 5.41) is 0. The minimum absolute atomic E-state index is 0.214. The summed E-state index contributed by atoms with van der Waals surface area (Å²) >= 11 is 0. The van der Waals surface area contributed by atoms with Gasteiger partial charge in [0.05, 0.1) is 11.8 Å². The molecule has 2 aromatic rings. The molecule has 0 radical (unpaired) electrons. The fourth-order valence-corrected chi connectivity index (χ4v) is 1.06. The van der Waals surface area contributed by atoms with E-state index in [9.17, 15) is 0 Å². The number of hydrogen-bond donors (Lipinski definition) is 1. The van der Waals surface area contributed by atoms with E-state index in [0.29, 0.717) is 5.82 Å². The summed E-state index contributed by atoms with van der Waals surface area (Å²) in [6, 6.07) is 1.80. The summed E-state index contributed by atoms with van der Waals surface area (Å²) in [5.74, 6) is 1.52. The van der Waals surface area contributed by atoms with Gasteiger partial charge in [-0.15, -0.1) is 0 Å². The van der Waals surface area contributed by atoms with Crippen molar-refractivity contribution in [3.05, 3.63) is 24.4 Å². The van der Waals surface area contributed by atoms with E-state index in [0.717, 1.165) is 11.3 Å². The highest BCUT2D eigenvalue weighted by molar-refractivity contribution is 5.57. The standard InChI is InChI=1S/C8H8N4O/c1-5-6(2-3-13-5)7-10-4-11-8(9)12-7/h2-4H,1H3,(H2,9,10,11,12). The molecule has 0 amide bonds. The van der Waals surface area contributed by atoms with Gasteiger partial charge in [-0.05, 0) is 13.0 Å². The maximum Gasteiger partial charge on any atom is 0.223 e. The molecule has 0 atom stereocenters. The lowest BCUT2D eigenvalue weighted by atomic mass is 10.2. The largest absolute Gasteiger partial charge is 0.469 e. The maximum absolute atomic E-state index is 5.42. The van der Waals surface area contributed by atoms with Gasteiger partial charge < -0.3 is 10.2 Å². The third kappa shape index (κ3) is 1.35. The van der Waals surface area contributed by atoms with Gasteiger partial charge in [-0.2, -0.15) is 4.98 Å². The average Bonchev–Trinajstić information content (AvgIpc) is 2.51. The van der Waals surface area contributed by atoms with E-state index in [1.54, 1.807) is 12.3 Å². The number of rotatable bonds is 1. The number of aromatic nitrogens is 3. The summed E-state index contributed by atoms with van der Waals surface area (Å²) in [5.41, 5.74) is 6.26. The second kappa shape index (κ2) is 2.85. The zero-order valence-corrected chi connectivity index (χ0v) is 7.06. The van der Waals surface area contributed by atoms with E-state index in [-0.39, 0.29) is 5.95 Å². The lowest BCUT2D eigenvalue weighted by Crippen LogP contribution is -1.97. The molecule has 0 aliphatic rings. The van der Waals surface area contributed by atoms with E-state index in [1.807, 2.05) is 6.92 Å². The van der Waals surface area contributed by atoms with Gasteiger partial charge in [-0.1, -0.05) is 0 Å². The number of anilines is 1. The normalized spacial score (nSPS) is 10.2. The lowest BCUT2D eigenvalue weighted by Gasteiger charge is -1.96. The Bertz CT molecular complexity index is 424. The highest BCUT2D eigenvalue weighted by Crippen LogP contribution is 2.19. The molecule has 2 rings (SSSR count). The molecule has 5 heteroatoms. The third-order valence-corrected chi connectivity index (χ3v) is 1.69. The van der Waals surface area contributed by atoms with Crippen molar-refractivity contribution in [2.75, 3.05) is 5.73 Å². The summed E-state index contributed by atoms with van der Waals surface area (Å²) < 4.78 is 5.12. The molecule has 2 aromatic heterocycles. The number of aryl methyl sites for hydroxylation is 1. The highest BCUT2D eigenvalue weighted by atomic mass is 16.3. The van der Waals surface area contributed by atoms with Crippen molar-refractivity contribution in [1.29, 1.82) is 0 Å². The van der Waals surface area contributed by atoms with Gasteiger partial charge in [0.2, 0.25) is 5.95 Å². The Kier molecular flexibility index (Phi) is 1.70. The fourth-order valence-electron chi connectivity index (χ4n) is 1.06. The van der Waals surface area contributed by atoms with Crippen molar-refractivity contribution in [2.45, 2.75) is 6.92 Å². The van der Waals surface area contributed by atoms with Crippen LogP contribution in [0.2, 0.25) is 0 Å². The summed E-state index contributed by atoms with van der Waals surface area (Å²) in [6.07, 6.45) is 2.97. The van der Waals surface area contributed by atoms with Crippen LogP contribution in [-0.2, 0) is 0 Å². The molecule has 2 heterocycles. The smallest absolute Gasteiger partial charge is 0.223 e. The van der Waals surface area contributed by atoms with Gasteiger partial charge in [0.25, 0.3) is 0 Å². The second-order valence-corrected chi connectivity index (χ2v) is 2.56. The van der Waals surface area contributed by atoms with Gasteiger partial charge in [0.15, 0.2) is 5.82 Å². The van der Waals surface area contributed by atoms with Crippen molar-refractivity contribution in [3.63, 3.8) is 0 Å². The fraction of sp³-hybridized carbons (Fsp3) is 0.125. The molecular weight excluding hydrogens is 168 g/mol. The van der Waals surface area contributed by atoms with Crippen molar-refractivity contribution >= 4 is 5.95 Å². The number of furan rings is 1. The molecule has 0 aliphatic heterocycles. The van der Waals surface area contributed by atoms with Crippen LogP contribution in [0, 0.1) is 6.92 Å². The number of hydrogen-bond acceptors (Lipinski definition) is 5. The SMILES string of the molecule is Cc1occc1-c1ncnc(N)n1. The first-order valence-electron chi connectivity index (χ1n) is 3.76. The van der Waals surface area contributed by atoms with Crippen LogP contribution in [0.3, 0.4) is 0 Å². The Morgan fingerprint density at radius 3 is 2.85 bits per heavy atom. The molecule has 0 bridgehead atoms. The summed E-state index contributed by atoms with van der Waals surface area (Å²) in [7, 11) is 0. The van der Waals surface area contributed by atoms with Gasteiger partial charge in [0, 0.05) is 0 Å². The van der Waals surface area contributed by atoms with Crippen molar-refractivity contribution in [3.8, 4) is 11.4 Å². The van der Waals surface area contributed by atoms with E-state index >= 15 is 0 Å². The minimum Gasteiger partial charge on any atom is -0.469 e. The van der Waals surface area contributed by atoms with Crippen LogP contribution < -0.4 is 5.73 Å². The quantitative estimate of drug-likeness (QED) is 0.701. The van der Waals surface area contributed by atoms with E-state index in [1.165, 1.54) is 6.33 Å². The Hall–Kier alpha value is -1.91. The van der Waals surface area contributed by atoms with Crippen LogP contribution in [0.25, 0.3) is 11.4 Å². The molecule has 2 N–H and O–H groups in total. The van der Waals surface area contributed by atoms with Crippen LogP contribution in [-0.4, -0.2) is 15.0 Å². The zero-order chi connectivity index (χ0) is 9.26. The first-order valence-corrected chi connectivity index (χ1v) is 3.76. The minimum atomic E-state index is 0.214. The predicted octanol–water partition coefficient (Wildman–Crippen LogP) is 1.02. The molecular formula is C8H8N4O. The third-order valence-electron chi connectivity index (χ3n) is 1.69. The second-order valence-electron chi connectivity index (χ2n) is 2.56. The Labute approximate surface area is 74.6 Å².